The minimum Gasteiger partial charge on any atom is -0.469 e. The zero-order valence-electron chi connectivity index (χ0n) is 13.6. The van der Waals surface area contributed by atoms with Crippen molar-refractivity contribution in [2.75, 3.05) is 13.7 Å². The molecule has 0 saturated carbocycles. The number of rotatable bonds is 7. The van der Waals surface area contributed by atoms with E-state index in [0.29, 0.717) is 25.9 Å². The Morgan fingerprint density at radius 2 is 1.61 bits per heavy atom. The van der Waals surface area contributed by atoms with Crippen LogP contribution in [-0.2, 0) is 19.0 Å². The van der Waals surface area contributed by atoms with Gasteiger partial charge in [0.2, 0.25) is 0 Å². The van der Waals surface area contributed by atoms with Crippen LogP contribution in [-0.4, -0.2) is 65.7 Å². The van der Waals surface area contributed by atoms with Gasteiger partial charge in [-0.2, -0.15) is 0 Å². The zero-order chi connectivity index (χ0) is 15.1. The Hall–Kier alpha value is 3.59. The molecule has 1 aliphatic heterocycles. The molecule has 1 saturated heterocycles. The quantitative estimate of drug-likeness (QED) is 0.235. The van der Waals surface area contributed by atoms with Gasteiger partial charge in [-0.05, 0) is 19.8 Å². The fourth-order valence-electron chi connectivity index (χ4n) is 2.00. The minimum atomic E-state index is -1.27. The average Bonchev–Trinajstić information content (AvgIpc) is 2.45. The normalized spacial score (nSPS) is 29.5. The van der Waals surface area contributed by atoms with Crippen molar-refractivity contribution in [3.63, 3.8) is 0 Å². The number of aliphatic hydroxyl groups is 3. The molecule has 1 fully saturated rings. The van der Waals surface area contributed by atoms with Crippen molar-refractivity contribution >= 4 is 5.97 Å². The summed E-state index contributed by atoms with van der Waals surface area (Å²) in [6.45, 7) is 1.95. The molecule has 0 amide bonds. The molecule has 0 aromatic rings. The van der Waals surface area contributed by atoms with Crippen molar-refractivity contribution in [3.05, 3.63) is 0 Å². The van der Waals surface area contributed by atoms with Crippen LogP contribution in [0.5, 0.6) is 0 Å². The Morgan fingerprint density at radius 1 is 1.00 bits per heavy atom. The predicted molar refractivity (Wildman–Crippen MR) is 68.8 cm³/mol. The molecular formula is C13H24Ac3O7. The van der Waals surface area contributed by atoms with E-state index in [2.05, 4.69) is 4.74 Å². The van der Waals surface area contributed by atoms with Crippen LogP contribution in [0.25, 0.3) is 0 Å². The van der Waals surface area contributed by atoms with Crippen LogP contribution in [0, 0.1) is 132 Å². The molecule has 5 atom stereocenters. The first-order valence-electron chi connectivity index (χ1n) is 6.85. The molecule has 1 aliphatic rings. The zero-order valence-corrected chi connectivity index (χ0v) is 27.9. The van der Waals surface area contributed by atoms with Crippen molar-refractivity contribution < 1.29 is 167 Å². The Morgan fingerprint density at radius 3 is 2.17 bits per heavy atom. The Kier molecular flexibility index (Phi) is 24.1. The summed E-state index contributed by atoms with van der Waals surface area (Å²) < 4.78 is 15.2. The van der Waals surface area contributed by atoms with E-state index in [1.807, 2.05) is 0 Å². The number of unbranched alkanes of at least 4 members (excludes halogenated alkanes) is 2. The first-order chi connectivity index (χ1) is 9.47. The Bertz CT molecular complexity index is 309. The molecule has 3 N–H and O–H groups in total. The van der Waals surface area contributed by atoms with Crippen molar-refractivity contribution in [2.45, 2.75) is 63.3 Å². The number of ether oxygens (including phenoxy) is 3. The van der Waals surface area contributed by atoms with Gasteiger partial charge >= 0.3 is 5.97 Å². The second-order valence-corrected chi connectivity index (χ2v) is 4.94. The van der Waals surface area contributed by atoms with Gasteiger partial charge in [-0.3, -0.25) is 4.79 Å². The van der Waals surface area contributed by atoms with Crippen LogP contribution < -0.4 is 0 Å². The molecule has 0 aliphatic carbocycles. The molecule has 1 heterocycles. The van der Waals surface area contributed by atoms with Gasteiger partial charge in [-0.15, -0.1) is 0 Å². The maximum absolute atomic E-state index is 10.9. The van der Waals surface area contributed by atoms with Crippen LogP contribution >= 0.6 is 0 Å². The molecule has 1 rings (SSSR count). The van der Waals surface area contributed by atoms with Crippen molar-refractivity contribution in [1.82, 2.24) is 0 Å². The molecule has 127 valence electrons. The Balaban J connectivity index is -0.00000133. The first-order valence-corrected chi connectivity index (χ1v) is 6.85. The first kappa shape index (κ1) is 31.3. The van der Waals surface area contributed by atoms with Crippen LogP contribution in [0.2, 0.25) is 0 Å². The second kappa shape index (κ2) is 17.7. The van der Waals surface area contributed by atoms with Crippen LogP contribution in [0.1, 0.15) is 32.6 Å². The van der Waals surface area contributed by atoms with E-state index in [9.17, 15) is 20.1 Å². The summed E-state index contributed by atoms with van der Waals surface area (Å²) in [4.78, 5) is 10.9. The number of esters is 1. The molecule has 0 aromatic carbocycles. The largest absolute Gasteiger partial charge is 0.469 e. The fourth-order valence-corrected chi connectivity index (χ4v) is 2.00. The smallest absolute Gasteiger partial charge is 0.305 e. The molecular weight excluding hydrogens is 949 g/mol. The summed E-state index contributed by atoms with van der Waals surface area (Å²) in [5.74, 6) is -0.233. The van der Waals surface area contributed by atoms with Gasteiger partial charge in [0.05, 0.1) is 13.2 Å². The molecule has 10 heteroatoms. The average molecular weight is 973 g/mol. The topological polar surface area (TPSA) is 105 Å². The molecule has 0 aromatic heterocycles. The number of aliphatic hydroxyl groups excluding tert-OH is 3. The summed E-state index contributed by atoms with van der Waals surface area (Å²) in [7, 11) is 1.36. The second-order valence-electron chi connectivity index (χ2n) is 4.94. The van der Waals surface area contributed by atoms with E-state index < -0.39 is 30.7 Å². The third-order valence-corrected chi connectivity index (χ3v) is 3.34. The maximum Gasteiger partial charge on any atom is 0.305 e. The van der Waals surface area contributed by atoms with Gasteiger partial charge < -0.3 is 29.5 Å². The summed E-state index contributed by atoms with van der Waals surface area (Å²) in [6, 6.07) is 0. The summed E-state index contributed by atoms with van der Waals surface area (Å²) in [5, 5.41) is 28.8. The molecule has 3 unspecified atom stereocenters. The molecule has 3 radical (unpaired) electrons. The predicted octanol–water partition coefficient (Wildman–Crippen LogP) is -0.436. The van der Waals surface area contributed by atoms with Gasteiger partial charge in [0.15, 0.2) is 6.29 Å². The molecule has 0 bridgehead atoms. The summed E-state index contributed by atoms with van der Waals surface area (Å²) in [5.41, 5.74) is 0. The molecule has 0 spiro atoms. The van der Waals surface area contributed by atoms with E-state index in [1.54, 1.807) is 6.92 Å². The maximum atomic E-state index is 10.9. The third kappa shape index (κ3) is 11.9. The minimum absolute atomic E-state index is 0. The monoisotopic (exact) mass is 973 g/mol. The van der Waals surface area contributed by atoms with E-state index in [4.69, 9.17) is 9.47 Å². The van der Waals surface area contributed by atoms with Crippen molar-refractivity contribution in [1.29, 1.82) is 0 Å². The van der Waals surface area contributed by atoms with Crippen molar-refractivity contribution in [2.24, 2.45) is 0 Å². The van der Waals surface area contributed by atoms with Crippen molar-refractivity contribution in [3.8, 4) is 0 Å². The van der Waals surface area contributed by atoms with Crippen LogP contribution in [0.4, 0.5) is 0 Å². The van der Waals surface area contributed by atoms with Gasteiger partial charge in [0.1, 0.15) is 18.3 Å². The standard InChI is InChI=1S/C13H24O7.3Ac/c1-8-10(15)11(16)12(17)13(20-8)19-7-5-3-4-6-9(14)18-2;;;/h8,10-13,15-17H,3-7H2,1-2H3;;;/t8?,10-,11?,12?,13+;;;/m0.../s1. The van der Waals surface area contributed by atoms with E-state index in [0.717, 1.165) is 6.42 Å². The van der Waals surface area contributed by atoms with Gasteiger partial charge in [-0.1, -0.05) is 6.42 Å². The van der Waals surface area contributed by atoms with Crippen LogP contribution in [0.15, 0.2) is 0 Å². The summed E-state index contributed by atoms with van der Waals surface area (Å²) >= 11 is 0. The number of hydrogen-bond donors (Lipinski definition) is 3. The number of methoxy groups -OCH3 is 1. The number of carbonyl (C=O) groups is 1. The fraction of sp³-hybridized carbons (Fsp3) is 0.923. The van der Waals surface area contributed by atoms with E-state index in [-0.39, 0.29) is 138 Å². The van der Waals surface area contributed by atoms with E-state index >= 15 is 0 Å². The number of carbonyl (C=O) groups excluding carboxylic acids is 1. The molecule has 23 heavy (non-hydrogen) atoms. The van der Waals surface area contributed by atoms with Gasteiger partial charge in [0, 0.05) is 145 Å². The van der Waals surface area contributed by atoms with E-state index in [1.165, 1.54) is 7.11 Å². The van der Waals surface area contributed by atoms with Crippen LogP contribution in [0.3, 0.4) is 0 Å². The SMILES string of the molecule is COC(=O)CCCCCO[C@@H]1OC(C)[C@H](O)C(O)C1O.[Ac].[Ac].[Ac]. The Labute approximate surface area is 244 Å². The van der Waals surface area contributed by atoms with Gasteiger partial charge in [0.25, 0.3) is 0 Å². The summed E-state index contributed by atoms with van der Waals surface area (Å²) in [6.07, 6.45) is -2.62. The third-order valence-electron chi connectivity index (χ3n) is 3.34. The van der Waals surface area contributed by atoms with Gasteiger partial charge in [-0.25, -0.2) is 0 Å². The number of hydrogen-bond acceptors (Lipinski definition) is 7. The molecule has 7 nitrogen and oxygen atoms in total.